The Morgan fingerprint density at radius 3 is 2.40 bits per heavy atom. The molecule has 0 aliphatic heterocycles. The molecule has 1 aromatic rings. The maximum absolute atomic E-state index is 12.3. The van der Waals surface area contributed by atoms with Crippen LogP contribution in [-0.4, -0.2) is 49.3 Å². The Labute approximate surface area is 122 Å². The second kappa shape index (κ2) is 7.19. The average Bonchev–Trinajstić information content (AvgIpc) is 2.78. The van der Waals surface area contributed by atoms with Crippen LogP contribution in [0.25, 0.3) is 0 Å². The lowest BCUT2D eigenvalue weighted by atomic mass is 10.4. The highest BCUT2D eigenvalue weighted by Crippen LogP contribution is 2.15. The van der Waals surface area contributed by atoms with Gasteiger partial charge >= 0.3 is 0 Å². The highest BCUT2D eigenvalue weighted by atomic mass is 32.2. The van der Waals surface area contributed by atoms with Gasteiger partial charge < -0.3 is 4.90 Å². The lowest BCUT2D eigenvalue weighted by Crippen LogP contribution is -2.34. The molecule has 0 aliphatic carbocycles. The fourth-order valence-electron chi connectivity index (χ4n) is 1.95. The fraction of sp³-hybridized carbons (Fsp3) is 0.769. The number of rotatable bonds is 8. The van der Waals surface area contributed by atoms with E-state index in [1.807, 2.05) is 13.8 Å². The first kappa shape index (κ1) is 17.1. The summed E-state index contributed by atoms with van der Waals surface area (Å²) in [4.78, 5) is 2.44. The van der Waals surface area contributed by atoms with Gasteiger partial charge in [0, 0.05) is 25.3 Å². The zero-order valence-corrected chi connectivity index (χ0v) is 13.9. The van der Waals surface area contributed by atoms with E-state index in [4.69, 9.17) is 0 Å². The average molecular weight is 302 g/mol. The number of hydrogen-bond donors (Lipinski definition) is 1. The molecule has 20 heavy (non-hydrogen) atoms. The van der Waals surface area contributed by atoms with E-state index in [-0.39, 0.29) is 10.9 Å². The number of aryl methyl sites for hydroxylation is 1. The fourth-order valence-corrected chi connectivity index (χ4v) is 3.14. The lowest BCUT2D eigenvalue weighted by Gasteiger charge is -2.17. The van der Waals surface area contributed by atoms with E-state index in [1.54, 1.807) is 17.8 Å². The molecule has 0 radical (unpaired) electrons. The van der Waals surface area contributed by atoms with Crippen molar-refractivity contribution in [1.82, 2.24) is 19.4 Å². The molecule has 1 aromatic heterocycles. The van der Waals surface area contributed by atoms with Gasteiger partial charge in [-0.3, -0.25) is 4.68 Å². The number of sulfonamides is 1. The van der Waals surface area contributed by atoms with E-state index >= 15 is 0 Å². The van der Waals surface area contributed by atoms with Gasteiger partial charge in [0.2, 0.25) is 10.0 Å². The predicted molar refractivity (Wildman–Crippen MR) is 80.3 cm³/mol. The first-order chi connectivity index (χ1) is 9.31. The van der Waals surface area contributed by atoms with Crippen LogP contribution in [0.1, 0.15) is 39.4 Å². The summed E-state index contributed by atoms with van der Waals surface area (Å²) in [6, 6.07) is 0.147. The van der Waals surface area contributed by atoms with Crippen molar-refractivity contribution in [2.45, 2.75) is 45.6 Å². The minimum atomic E-state index is -3.48. The maximum atomic E-state index is 12.3. The molecule has 116 valence electrons. The molecule has 0 fully saturated rings. The van der Waals surface area contributed by atoms with Crippen molar-refractivity contribution in [3.8, 4) is 0 Å². The molecule has 1 rings (SSSR count). The summed E-state index contributed by atoms with van der Waals surface area (Å²) in [7, 11) is -3.48. The number of aromatic nitrogens is 2. The number of nitrogens with zero attached hydrogens (tertiary/aromatic N) is 3. The van der Waals surface area contributed by atoms with E-state index in [2.05, 4.69) is 28.6 Å². The van der Waals surface area contributed by atoms with Crippen LogP contribution >= 0.6 is 0 Å². The Morgan fingerprint density at radius 1 is 1.35 bits per heavy atom. The number of nitrogens with one attached hydrogen (secondary N) is 1. The molecular formula is C13H26N4O2S. The summed E-state index contributed by atoms with van der Waals surface area (Å²) in [5, 5.41) is 4.24. The molecule has 1 heterocycles. The molecule has 0 spiro atoms. The third kappa shape index (κ3) is 4.29. The van der Waals surface area contributed by atoms with Crippen molar-refractivity contribution in [3.05, 3.63) is 11.9 Å². The SMILES string of the molecule is CCN(CC)CCNS(=O)(=O)c1cn(C(C)C)nc1C. The Kier molecular flexibility index (Phi) is 6.16. The minimum Gasteiger partial charge on any atom is -0.303 e. The smallest absolute Gasteiger partial charge is 0.244 e. The highest BCUT2D eigenvalue weighted by molar-refractivity contribution is 7.89. The van der Waals surface area contributed by atoms with E-state index in [1.165, 1.54) is 0 Å². The normalized spacial score (nSPS) is 12.6. The van der Waals surface area contributed by atoms with Crippen molar-refractivity contribution < 1.29 is 8.42 Å². The zero-order valence-electron chi connectivity index (χ0n) is 13.0. The van der Waals surface area contributed by atoms with Gasteiger partial charge in [-0.05, 0) is 33.9 Å². The molecule has 0 bridgehead atoms. The van der Waals surface area contributed by atoms with Gasteiger partial charge in [-0.1, -0.05) is 13.8 Å². The topological polar surface area (TPSA) is 67.2 Å². The van der Waals surface area contributed by atoms with Crippen molar-refractivity contribution in [2.24, 2.45) is 0 Å². The number of hydrogen-bond acceptors (Lipinski definition) is 4. The third-order valence-corrected chi connectivity index (χ3v) is 4.87. The van der Waals surface area contributed by atoms with Gasteiger partial charge in [0.1, 0.15) is 4.90 Å². The summed E-state index contributed by atoms with van der Waals surface area (Å²) in [5.74, 6) is 0. The first-order valence-corrected chi connectivity index (χ1v) is 8.57. The van der Waals surface area contributed by atoms with E-state index < -0.39 is 10.0 Å². The second-order valence-electron chi connectivity index (χ2n) is 5.08. The Morgan fingerprint density at radius 2 is 1.95 bits per heavy atom. The van der Waals surface area contributed by atoms with Crippen LogP contribution in [-0.2, 0) is 10.0 Å². The summed E-state index contributed by atoms with van der Waals surface area (Å²) in [6.45, 7) is 12.7. The van der Waals surface area contributed by atoms with Crippen LogP contribution in [0.15, 0.2) is 11.1 Å². The summed E-state index contributed by atoms with van der Waals surface area (Å²) < 4.78 is 28.8. The molecule has 0 atom stereocenters. The van der Waals surface area contributed by atoms with Gasteiger partial charge in [-0.2, -0.15) is 5.10 Å². The largest absolute Gasteiger partial charge is 0.303 e. The van der Waals surface area contributed by atoms with E-state index in [9.17, 15) is 8.42 Å². The van der Waals surface area contributed by atoms with Crippen LogP contribution < -0.4 is 4.72 Å². The monoisotopic (exact) mass is 302 g/mol. The molecule has 1 N–H and O–H groups in total. The van der Waals surface area contributed by atoms with Gasteiger partial charge in [-0.15, -0.1) is 0 Å². The summed E-state index contributed by atoms with van der Waals surface area (Å²) in [5.41, 5.74) is 0.536. The molecule has 0 aliphatic rings. The van der Waals surface area contributed by atoms with Crippen LogP contribution in [0.4, 0.5) is 0 Å². The van der Waals surface area contributed by atoms with Gasteiger partial charge in [0.25, 0.3) is 0 Å². The molecule has 0 saturated carbocycles. The molecule has 0 unspecified atom stereocenters. The highest BCUT2D eigenvalue weighted by Gasteiger charge is 2.20. The van der Waals surface area contributed by atoms with Crippen LogP contribution in [0.2, 0.25) is 0 Å². The minimum absolute atomic E-state index is 0.147. The van der Waals surface area contributed by atoms with Gasteiger partial charge in [-0.25, -0.2) is 13.1 Å². The van der Waals surface area contributed by atoms with Crippen molar-refractivity contribution in [1.29, 1.82) is 0 Å². The van der Waals surface area contributed by atoms with E-state index in [0.717, 1.165) is 13.1 Å². The van der Waals surface area contributed by atoms with Gasteiger partial charge in [0.05, 0.1) is 5.69 Å². The molecule has 0 saturated heterocycles. The third-order valence-electron chi connectivity index (χ3n) is 3.30. The maximum Gasteiger partial charge on any atom is 0.244 e. The predicted octanol–water partition coefficient (Wildman–Crippen LogP) is 1.39. The van der Waals surface area contributed by atoms with Crippen molar-refractivity contribution in [3.63, 3.8) is 0 Å². The van der Waals surface area contributed by atoms with Gasteiger partial charge in [0.15, 0.2) is 0 Å². The van der Waals surface area contributed by atoms with Crippen LogP contribution in [0.3, 0.4) is 0 Å². The Hall–Kier alpha value is -0.920. The molecule has 7 heteroatoms. The Bertz CT molecular complexity index is 518. The van der Waals surface area contributed by atoms with Crippen molar-refractivity contribution >= 4 is 10.0 Å². The second-order valence-corrected chi connectivity index (χ2v) is 6.81. The molecule has 0 amide bonds. The standard InChI is InChI=1S/C13H26N4O2S/c1-6-16(7-2)9-8-14-20(18,19)13-10-17(11(3)4)15-12(13)5/h10-11,14H,6-9H2,1-5H3. The number of likely N-dealkylation sites (N-methyl/N-ethyl adjacent to an activating group) is 1. The Balaban J connectivity index is 2.74. The quantitative estimate of drug-likeness (QED) is 0.788. The summed E-state index contributed by atoms with van der Waals surface area (Å²) in [6.07, 6.45) is 1.60. The molecule has 6 nitrogen and oxygen atoms in total. The van der Waals surface area contributed by atoms with Crippen molar-refractivity contribution in [2.75, 3.05) is 26.2 Å². The first-order valence-electron chi connectivity index (χ1n) is 7.09. The molecule has 0 aromatic carbocycles. The van der Waals surface area contributed by atoms with E-state index in [0.29, 0.717) is 18.8 Å². The molecular weight excluding hydrogens is 276 g/mol. The zero-order chi connectivity index (χ0) is 15.3. The van der Waals surface area contributed by atoms with Crippen LogP contribution in [0.5, 0.6) is 0 Å². The van der Waals surface area contributed by atoms with Crippen LogP contribution in [0, 0.1) is 6.92 Å². The summed E-state index contributed by atoms with van der Waals surface area (Å²) >= 11 is 0. The lowest BCUT2D eigenvalue weighted by molar-refractivity contribution is 0.309.